The second-order valence-electron chi connectivity index (χ2n) is 9.51. The molecule has 2 amide bonds. The van der Waals surface area contributed by atoms with Crippen molar-refractivity contribution in [2.75, 3.05) is 62.7 Å². The number of nitrogens with one attached hydrogen (secondary N) is 2. The molecule has 0 aliphatic carbocycles. The molecule has 3 rings (SSSR count). The highest BCUT2D eigenvalue weighted by Gasteiger charge is 2.30. The summed E-state index contributed by atoms with van der Waals surface area (Å²) in [5.41, 5.74) is 9.10. The molecule has 0 radical (unpaired) electrons. The summed E-state index contributed by atoms with van der Waals surface area (Å²) in [5.74, 6) is 1.58. The minimum atomic E-state index is -0.0913. The SMILES string of the molecule is CC(C)CSNCCCN(C)/C(C(=O)N1CCNCC1)=C(/c1ccccc1)N(C=O)c1ccccc1N. The lowest BCUT2D eigenvalue weighted by molar-refractivity contribution is -0.129. The number of rotatable bonds is 13. The van der Waals surface area contributed by atoms with Crippen LogP contribution in [0.4, 0.5) is 11.4 Å². The van der Waals surface area contributed by atoms with Crippen LogP contribution in [-0.4, -0.2) is 74.2 Å². The van der Waals surface area contributed by atoms with Gasteiger partial charge in [0, 0.05) is 57.6 Å². The van der Waals surface area contributed by atoms with E-state index in [2.05, 4.69) is 23.9 Å². The first-order valence-corrected chi connectivity index (χ1v) is 13.9. The lowest BCUT2D eigenvalue weighted by Crippen LogP contribution is -2.49. The van der Waals surface area contributed by atoms with Crippen LogP contribution >= 0.6 is 11.9 Å². The summed E-state index contributed by atoms with van der Waals surface area (Å²) in [4.78, 5) is 32.1. The largest absolute Gasteiger partial charge is 0.397 e. The van der Waals surface area contributed by atoms with E-state index in [1.165, 1.54) is 4.90 Å². The van der Waals surface area contributed by atoms with Gasteiger partial charge in [-0.25, -0.2) is 0 Å². The highest BCUT2D eigenvalue weighted by molar-refractivity contribution is 7.97. The number of anilines is 2. The van der Waals surface area contributed by atoms with Crippen molar-refractivity contribution in [2.24, 2.45) is 5.92 Å². The van der Waals surface area contributed by atoms with Gasteiger partial charge in [0.2, 0.25) is 6.41 Å². The maximum atomic E-state index is 14.1. The van der Waals surface area contributed by atoms with Gasteiger partial charge in [-0.3, -0.25) is 19.2 Å². The Morgan fingerprint density at radius 1 is 1.14 bits per heavy atom. The average molecular weight is 525 g/mol. The van der Waals surface area contributed by atoms with Gasteiger partial charge < -0.3 is 20.9 Å². The summed E-state index contributed by atoms with van der Waals surface area (Å²) in [6.07, 6.45) is 1.59. The van der Waals surface area contributed by atoms with Gasteiger partial charge in [0.15, 0.2) is 0 Å². The van der Waals surface area contributed by atoms with E-state index < -0.39 is 0 Å². The fourth-order valence-corrected chi connectivity index (χ4v) is 4.92. The minimum Gasteiger partial charge on any atom is -0.397 e. The standard InChI is InChI=1S/C28H40N6O2S/c1-22(2)20-37-31-14-9-17-32(3)27(28(36)33-18-15-30-16-19-33)26(23-10-5-4-6-11-23)34(21-35)25-13-8-7-12-24(25)29/h4-8,10-13,21-22,30-31H,9,14-20,29H2,1-3H3/b27-26-. The van der Waals surface area contributed by atoms with Crippen molar-refractivity contribution in [1.29, 1.82) is 0 Å². The van der Waals surface area contributed by atoms with E-state index in [1.54, 1.807) is 24.1 Å². The van der Waals surface area contributed by atoms with Crippen molar-refractivity contribution in [3.63, 3.8) is 0 Å². The molecule has 0 aromatic heterocycles. The van der Waals surface area contributed by atoms with E-state index in [9.17, 15) is 9.59 Å². The molecule has 1 saturated heterocycles. The molecule has 2 aromatic carbocycles. The Balaban J connectivity index is 2.04. The van der Waals surface area contributed by atoms with Crippen molar-refractivity contribution < 1.29 is 9.59 Å². The fourth-order valence-electron chi connectivity index (χ4n) is 4.18. The number of piperazine rings is 1. The van der Waals surface area contributed by atoms with Crippen LogP contribution in [0.2, 0.25) is 0 Å². The number of para-hydroxylation sites is 2. The molecule has 0 unspecified atom stereocenters. The summed E-state index contributed by atoms with van der Waals surface area (Å²) in [6.45, 7) is 8.57. The molecule has 2 aromatic rings. The van der Waals surface area contributed by atoms with Gasteiger partial charge in [-0.1, -0.05) is 68.3 Å². The molecule has 0 atom stereocenters. The second-order valence-corrected chi connectivity index (χ2v) is 10.4. The molecule has 1 aliphatic rings. The van der Waals surface area contributed by atoms with Crippen LogP contribution in [0, 0.1) is 5.92 Å². The van der Waals surface area contributed by atoms with E-state index in [1.807, 2.05) is 59.3 Å². The van der Waals surface area contributed by atoms with Crippen LogP contribution in [0.5, 0.6) is 0 Å². The van der Waals surface area contributed by atoms with Crippen molar-refractivity contribution >= 4 is 41.3 Å². The smallest absolute Gasteiger partial charge is 0.272 e. The van der Waals surface area contributed by atoms with Crippen molar-refractivity contribution in [1.82, 2.24) is 19.8 Å². The third kappa shape index (κ3) is 7.99. The number of nitrogen functional groups attached to an aromatic ring is 1. The lowest BCUT2D eigenvalue weighted by atomic mass is 10.1. The number of benzene rings is 2. The molecule has 0 bridgehead atoms. The summed E-state index contributed by atoms with van der Waals surface area (Å²) in [5, 5.41) is 3.31. The molecule has 0 saturated carbocycles. The zero-order chi connectivity index (χ0) is 26.6. The fraction of sp³-hybridized carbons (Fsp3) is 0.429. The summed E-state index contributed by atoms with van der Waals surface area (Å²) >= 11 is 1.73. The predicted molar refractivity (Wildman–Crippen MR) is 155 cm³/mol. The van der Waals surface area contributed by atoms with E-state index in [0.29, 0.717) is 48.3 Å². The number of carbonyl (C=O) groups excluding carboxylic acids is 2. The van der Waals surface area contributed by atoms with Gasteiger partial charge in [0.05, 0.1) is 17.1 Å². The van der Waals surface area contributed by atoms with Crippen LogP contribution in [0.3, 0.4) is 0 Å². The molecule has 37 heavy (non-hydrogen) atoms. The summed E-state index contributed by atoms with van der Waals surface area (Å²) in [6, 6.07) is 16.8. The highest BCUT2D eigenvalue weighted by atomic mass is 32.2. The third-order valence-electron chi connectivity index (χ3n) is 6.09. The number of hydrogen-bond donors (Lipinski definition) is 3. The summed E-state index contributed by atoms with van der Waals surface area (Å²) in [7, 11) is 1.93. The van der Waals surface area contributed by atoms with Crippen LogP contribution in [0.15, 0.2) is 60.3 Å². The number of carbonyl (C=O) groups is 2. The molecule has 1 heterocycles. The van der Waals surface area contributed by atoms with E-state index >= 15 is 0 Å². The van der Waals surface area contributed by atoms with Gasteiger partial charge in [-0.2, -0.15) is 0 Å². The third-order valence-corrected chi connectivity index (χ3v) is 7.34. The van der Waals surface area contributed by atoms with Gasteiger partial charge >= 0.3 is 0 Å². The highest BCUT2D eigenvalue weighted by Crippen LogP contribution is 2.33. The van der Waals surface area contributed by atoms with Crippen LogP contribution in [-0.2, 0) is 9.59 Å². The lowest BCUT2D eigenvalue weighted by Gasteiger charge is -2.35. The van der Waals surface area contributed by atoms with E-state index in [-0.39, 0.29) is 5.91 Å². The normalized spacial score (nSPS) is 14.3. The first kappa shape index (κ1) is 28.6. The first-order chi connectivity index (χ1) is 17.9. The van der Waals surface area contributed by atoms with Gasteiger partial charge in [0.25, 0.3) is 5.91 Å². The Kier molecular flexibility index (Phi) is 11.3. The van der Waals surface area contributed by atoms with Crippen LogP contribution in [0.1, 0.15) is 25.8 Å². The molecular weight excluding hydrogens is 484 g/mol. The Morgan fingerprint density at radius 3 is 2.46 bits per heavy atom. The number of nitrogens with zero attached hydrogens (tertiary/aromatic N) is 3. The molecule has 4 N–H and O–H groups in total. The van der Waals surface area contributed by atoms with E-state index in [0.717, 1.165) is 43.8 Å². The Morgan fingerprint density at radius 2 is 1.81 bits per heavy atom. The number of nitrogens with two attached hydrogens (primary N) is 1. The maximum absolute atomic E-state index is 14.1. The minimum absolute atomic E-state index is 0.0913. The quantitative estimate of drug-likeness (QED) is 0.122. The molecular formula is C28H40N6O2S. The van der Waals surface area contributed by atoms with E-state index in [4.69, 9.17) is 5.73 Å². The molecule has 9 heteroatoms. The van der Waals surface area contributed by atoms with Gasteiger partial charge in [-0.05, 0) is 24.5 Å². The maximum Gasteiger partial charge on any atom is 0.272 e. The summed E-state index contributed by atoms with van der Waals surface area (Å²) < 4.78 is 3.42. The van der Waals surface area contributed by atoms with Crippen LogP contribution in [0.25, 0.3) is 5.70 Å². The Hall–Kier alpha value is -3.01. The molecule has 1 fully saturated rings. The Labute approximate surface area is 225 Å². The molecule has 1 aliphatic heterocycles. The van der Waals surface area contributed by atoms with Crippen molar-refractivity contribution in [2.45, 2.75) is 20.3 Å². The average Bonchev–Trinajstić information content (AvgIpc) is 2.92. The number of amides is 2. The first-order valence-electron chi connectivity index (χ1n) is 12.9. The molecule has 0 spiro atoms. The second kappa shape index (κ2) is 14.7. The monoisotopic (exact) mass is 524 g/mol. The predicted octanol–water partition coefficient (Wildman–Crippen LogP) is 3.25. The molecule has 8 nitrogen and oxygen atoms in total. The number of likely N-dealkylation sites (N-methyl/N-ethyl adjacent to an activating group) is 1. The molecule has 200 valence electrons. The van der Waals surface area contributed by atoms with Gasteiger partial charge in [-0.15, -0.1) is 0 Å². The van der Waals surface area contributed by atoms with Crippen molar-refractivity contribution in [3.05, 3.63) is 65.9 Å². The Bertz CT molecular complexity index is 1040. The topological polar surface area (TPSA) is 93.9 Å². The van der Waals surface area contributed by atoms with Crippen LogP contribution < -0.4 is 20.7 Å². The van der Waals surface area contributed by atoms with Crippen molar-refractivity contribution in [3.8, 4) is 0 Å². The van der Waals surface area contributed by atoms with Gasteiger partial charge in [0.1, 0.15) is 5.70 Å². The zero-order valence-corrected chi connectivity index (χ0v) is 23.0. The zero-order valence-electron chi connectivity index (χ0n) is 22.2. The number of hydrogen-bond acceptors (Lipinski definition) is 7.